The van der Waals surface area contributed by atoms with Crippen molar-refractivity contribution in [3.8, 4) is 0 Å². The minimum Gasteiger partial charge on any atom is -0.350 e. The lowest BCUT2D eigenvalue weighted by Gasteiger charge is -2.15. The van der Waals surface area contributed by atoms with Crippen molar-refractivity contribution in [1.29, 1.82) is 0 Å². The van der Waals surface area contributed by atoms with Gasteiger partial charge in [0.15, 0.2) is 0 Å². The summed E-state index contributed by atoms with van der Waals surface area (Å²) in [6, 6.07) is 1.93. The number of carbonyl (C=O) groups excluding carboxylic acids is 1. The number of halogens is 4. The number of aromatic nitrogens is 1. The average molecular weight is 323 g/mol. The van der Waals surface area contributed by atoms with E-state index in [1.165, 1.54) is 0 Å². The fourth-order valence-corrected chi connectivity index (χ4v) is 2.24. The molecular formula is C14H18ClF3N2O. The lowest BCUT2D eigenvalue weighted by molar-refractivity contribution is -0.137. The number of hydrogen-bond acceptors (Lipinski definition) is 2. The molecule has 0 bridgehead atoms. The zero-order valence-electron chi connectivity index (χ0n) is 11.7. The van der Waals surface area contributed by atoms with Gasteiger partial charge in [-0.1, -0.05) is 13.3 Å². The van der Waals surface area contributed by atoms with Gasteiger partial charge in [0.1, 0.15) is 5.69 Å². The van der Waals surface area contributed by atoms with Crippen molar-refractivity contribution in [2.45, 2.75) is 32.4 Å². The molecule has 7 heteroatoms. The van der Waals surface area contributed by atoms with Crippen LogP contribution in [-0.2, 0) is 6.18 Å². The summed E-state index contributed by atoms with van der Waals surface area (Å²) in [5, 5.41) is 2.69. The second-order valence-corrected chi connectivity index (χ2v) is 5.15. The lowest BCUT2D eigenvalue weighted by atomic mass is 10.0. The van der Waals surface area contributed by atoms with Crippen LogP contribution in [0.3, 0.4) is 0 Å². The molecule has 0 aliphatic carbocycles. The molecule has 3 nitrogen and oxygen atoms in total. The van der Waals surface area contributed by atoms with E-state index in [-0.39, 0.29) is 11.6 Å². The molecule has 1 aromatic heterocycles. The van der Waals surface area contributed by atoms with E-state index in [1.54, 1.807) is 0 Å². The molecule has 1 rings (SSSR count). The Hall–Kier alpha value is -1.30. The maximum atomic E-state index is 12.4. The van der Waals surface area contributed by atoms with Crippen molar-refractivity contribution in [2.24, 2.45) is 5.92 Å². The second kappa shape index (κ2) is 8.22. The van der Waals surface area contributed by atoms with E-state index >= 15 is 0 Å². The summed E-state index contributed by atoms with van der Waals surface area (Å²) >= 11 is 5.69. The molecule has 21 heavy (non-hydrogen) atoms. The minimum absolute atomic E-state index is 0.0240. The summed E-state index contributed by atoms with van der Waals surface area (Å²) in [5.74, 6) is 0.310. The first-order valence-corrected chi connectivity index (χ1v) is 7.29. The number of alkyl halides is 4. The van der Waals surface area contributed by atoms with Crippen LogP contribution in [0.2, 0.25) is 0 Å². The molecule has 1 atom stereocenters. The predicted octanol–water partition coefficient (Wildman–Crippen LogP) is 3.88. The standard InChI is InChI=1S/C14H18ClF3N2O/c1-2-3-10(6-7-15)8-20-13(21)12-5-4-11(9-19-12)14(16,17)18/h4-5,9-10H,2-3,6-8H2,1H3,(H,20,21). The molecule has 0 fully saturated rings. The van der Waals surface area contributed by atoms with Gasteiger partial charge in [-0.25, -0.2) is 0 Å². The number of carbonyl (C=O) groups is 1. The van der Waals surface area contributed by atoms with E-state index in [2.05, 4.69) is 10.3 Å². The molecule has 0 spiro atoms. The van der Waals surface area contributed by atoms with Crippen LogP contribution in [-0.4, -0.2) is 23.3 Å². The third-order valence-electron chi connectivity index (χ3n) is 3.09. The summed E-state index contributed by atoms with van der Waals surface area (Å²) in [6.07, 6.45) is -1.08. The Bertz CT molecular complexity index is 443. The Morgan fingerprint density at radius 1 is 1.38 bits per heavy atom. The highest BCUT2D eigenvalue weighted by molar-refractivity contribution is 6.17. The van der Waals surface area contributed by atoms with Crippen molar-refractivity contribution < 1.29 is 18.0 Å². The zero-order valence-corrected chi connectivity index (χ0v) is 12.5. The van der Waals surface area contributed by atoms with Crippen molar-refractivity contribution in [3.63, 3.8) is 0 Å². The fraction of sp³-hybridized carbons (Fsp3) is 0.571. The molecule has 0 saturated heterocycles. The highest BCUT2D eigenvalue weighted by Crippen LogP contribution is 2.28. The highest BCUT2D eigenvalue weighted by atomic mass is 35.5. The van der Waals surface area contributed by atoms with Gasteiger partial charge in [0.2, 0.25) is 0 Å². The lowest BCUT2D eigenvalue weighted by Crippen LogP contribution is -2.30. The fourth-order valence-electron chi connectivity index (χ4n) is 1.93. The minimum atomic E-state index is -4.45. The van der Waals surface area contributed by atoms with E-state index in [1.807, 2.05) is 6.92 Å². The molecular weight excluding hydrogens is 305 g/mol. The van der Waals surface area contributed by atoms with Gasteiger partial charge >= 0.3 is 6.18 Å². The van der Waals surface area contributed by atoms with Gasteiger partial charge in [-0.05, 0) is 30.9 Å². The number of hydrogen-bond donors (Lipinski definition) is 1. The topological polar surface area (TPSA) is 42.0 Å². The van der Waals surface area contributed by atoms with E-state index in [4.69, 9.17) is 11.6 Å². The van der Waals surface area contributed by atoms with Crippen LogP contribution in [0, 0.1) is 5.92 Å². The summed E-state index contributed by atoms with van der Waals surface area (Å²) in [5.41, 5.74) is -0.894. The summed E-state index contributed by atoms with van der Waals surface area (Å²) in [6.45, 7) is 2.49. The van der Waals surface area contributed by atoms with Gasteiger partial charge in [-0.15, -0.1) is 11.6 Å². The largest absolute Gasteiger partial charge is 0.417 e. The van der Waals surface area contributed by atoms with Crippen LogP contribution < -0.4 is 5.32 Å². The van der Waals surface area contributed by atoms with Crippen LogP contribution in [0.25, 0.3) is 0 Å². The van der Waals surface area contributed by atoms with Gasteiger partial charge in [-0.2, -0.15) is 13.2 Å². The monoisotopic (exact) mass is 322 g/mol. The van der Waals surface area contributed by atoms with E-state index < -0.39 is 17.6 Å². The number of amides is 1. The average Bonchev–Trinajstić information content (AvgIpc) is 2.44. The quantitative estimate of drug-likeness (QED) is 0.774. The van der Waals surface area contributed by atoms with Crippen LogP contribution in [0.1, 0.15) is 42.2 Å². The van der Waals surface area contributed by atoms with Crippen LogP contribution in [0.15, 0.2) is 18.3 Å². The second-order valence-electron chi connectivity index (χ2n) is 4.77. The first-order chi connectivity index (χ1) is 9.88. The maximum Gasteiger partial charge on any atom is 0.417 e. The number of nitrogens with zero attached hydrogens (tertiary/aromatic N) is 1. The molecule has 0 aliphatic heterocycles. The van der Waals surface area contributed by atoms with E-state index in [0.29, 0.717) is 18.6 Å². The number of pyridine rings is 1. The summed E-state index contributed by atoms with van der Waals surface area (Å²) in [4.78, 5) is 15.4. The molecule has 1 N–H and O–H groups in total. The maximum absolute atomic E-state index is 12.4. The highest BCUT2D eigenvalue weighted by Gasteiger charge is 2.30. The summed E-state index contributed by atoms with van der Waals surface area (Å²) in [7, 11) is 0. The van der Waals surface area contributed by atoms with Crippen molar-refractivity contribution in [1.82, 2.24) is 10.3 Å². The van der Waals surface area contributed by atoms with E-state index in [9.17, 15) is 18.0 Å². The van der Waals surface area contributed by atoms with Gasteiger partial charge in [0.05, 0.1) is 5.56 Å². The molecule has 1 amide bonds. The molecule has 0 aliphatic rings. The zero-order chi connectivity index (χ0) is 15.9. The molecule has 1 aromatic rings. The van der Waals surface area contributed by atoms with Crippen molar-refractivity contribution >= 4 is 17.5 Å². The van der Waals surface area contributed by atoms with Crippen molar-refractivity contribution in [3.05, 3.63) is 29.6 Å². The number of nitrogens with one attached hydrogen (secondary N) is 1. The smallest absolute Gasteiger partial charge is 0.350 e. The van der Waals surface area contributed by atoms with Gasteiger partial charge in [0, 0.05) is 18.6 Å². The van der Waals surface area contributed by atoms with Crippen LogP contribution in [0.5, 0.6) is 0 Å². The Balaban J connectivity index is 2.59. The first-order valence-electron chi connectivity index (χ1n) is 6.75. The van der Waals surface area contributed by atoms with Gasteiger partial charge < -0.3 is 5.32 Å². The van der Waals surface area contributed by atoms with Gasteiger partial charge in [0.25, 0.3) is 5.91 Å². The third-order valence-corrected chi connectivity index (χ3v) is 3.31. The molecule has 1 unspecified atom stereocenters. The summed E-state index contributed by atoms with van der Waals surface area (Å²) < 4.78 is 37.2. The Morgan fingerprint density at radius 3 is 2.57 bits per heavy atom. The molecule has 0 aromatic carbocycles. The predicted molar refractivity (Wildman–Crippen MR) is 75.3 cm³/mol. The first kappa shape index (κ1) is 17.8. The molecule has 0 radical (unpaired) electrons. The molecule has 118 valence electrons. The molecule has 0 saturated carbocycles. The van der Waals surface area contributed by atoms with Gasteiger partial charge in [-0.3, -0.25) is 9.78 Å². The Morgan fingerprint density at radius 2 is 2.10 bits per heavy atom. The Kier molecular flexibility index (Phi) is 6.95. The molecule has 1 heterocycles. The normalized spacial score (nSPS) is 13.0. The van der Waals surface area contributed by atoms with E-state index in [0.717, 1.165) is 31.4 Å². The van der Waals surface area contributed by atoms with Crippen LogP contribution >= 0.6 is 11.6 Å². The van der Waals surface area contributed by atoms with Crippen LogP contribution in [0.4, 0.5) is 13.2 Å². The Labute approximate surface area is 126 Å². The third kappa shape index (κ3) is 5.91. The van der Waals surface area contributed by atoms with Crippen molar-refractivity contribution in [2.75, 3.05) is 12.4 Å². The SMILES string of the molecule is CCCC(CCCl)CNC(=O)c1ccc(C(F)(F)F)cn1. The number of rotatable bonds is 7.